The number of aryl methyl sites for hydroxylation is 2. The third-order valence-electron chi connectivity index (χ3n) is 1.99. The van der Waals surface area contributed by atoms with E-state index >= 15 is 0 Å². The van der Waals surface area contributed by atoms with Crippen molar-refractivity contribution in [3.8, 4) is 0 Å². The predicted molar refractivity (Wildman–Crippen MR) is 53.5 cm³/mol. The van der Waals surface area contributed by atoms with E-state index in [1.807, 2.05) is 19.9 Å². The highest BCUT2D eigenvalue weighted by atomic mass is 15.4. The molecule has 2 aromatic rings. The Hall–Kier alpha value is -1.91. The Morgan fingerprint density at radius 1 is 1.43 bits per heavy atom. The fourth-order valence-corrected chi connectivity index (χ4v) is 1.34. The van der Waals surface area contributed by atoms with E-state index in [4.69, 9.17) is 5.73 Å². The van der Waals surface area contributed by atoms with Gasteiger partial charge >= 0.3 is 0 Å². The molecule has 0 aliphatic carbocycles. The van der Waals surface area contributed by atoms with Gasteiger partial charge in [0.05, 0.1) is 5.69 Å². The summed E-state index contributed by atoms with van der Waals surface area (Å²) in [7, 11) is 0. The van der Waals surface area contributed by atoms with Crippen molar-refractivity contribution < 1.29 is 0 Å². The maximum atomic E-state index is 5.65. The molecule has 0 saturated carbocycles. The molecule has 14 heavy (non-hydrogen) atoms. The number of nitrogens with zero attached hydrogens (tertiary/aromatic N) is 4. The van der Waals surface area contributed by atoms with Gasteiger partial charge in [0.1, 0.15) is 0 Å². The molecule has 0 spiro atoms. The Bertz CT molecular complexity index is 511. The second-order valence-corrected chi connectivity index (χ2v) is 3.21. The molecule has 2 heterocycles. The first-order chi connectivity index (χ1) is 6.59. The van der Waals surface area contributed by atoms with Crippen molar-refractivity contribution in [3.05, 3.63) is 29.7 Å². The zero-order chi connectivity index (χ0) is 10.3. The Morgan fingerprint density at radius 2 is 2.14 bits per heavy atom. The van der Waals surface area contributed by atoms with Gasteiger partial charge in [-0.1, -0.05) is 6.58 Å². The second kappa shape index (κ2) is 2.80. The zero-order valence-corrected chi connectivity index (χ0v) is 8.15. The van der Waals surface area contributed by atoms with E-state index in [9.17, 15) is 0 Å². The summed E-state index contributed by atoms with van der Waals surface area (Å²) in [5.41, 5.74) is 8.44. The van der Waals surface area contributed by atoms with E-state index in [0.717, 1.165) is 17.1 Å². The SMILES string of the molecule is C=C(N)c1cc(C)nn2c(C)nnc12. The molecule has 2 aromatic heterocycles. The number of nitrogens with two attached hydrogens (primary N) is 1. The van der Waals surface area contributed by atoms with Gasteiger partial charge < -0.3 is 5.73 Å². The lowest BCUT2D eigenvalue weighted by atomic mass is 10.2. The quantitative estimate of drug-likeness (QED) is 0.715. The molecule has 2 N–H and O–H groups in total. The number of aromatic nitrogens is 4. The number of hydrogen-bond acceptors (Lipinski definition) is 4. The van der Waals surface area contributed by atoms with Crippen LogP contribution in [0.15, 0.2) is 12.6 Å². The van der Waals surface area contributed by atoms with Crippen LogP contribution >= 0.6 is 0 Å². The molecule has 0 aromatic carbocycles. The Balaban J connectivity index is 2.88. The van der Waals surface area contributed by atoms with Crippen molar-refractivity contribution in [2.24, 2.45) is 5.73 Å². The molecular formula is C9H11N5. The monoisotopic (exact) mass is 189 g/mol. The fourth-order valence-electron chi connectivity index (χ4n) is 1.34. The molecule has 0 aliphatic rings. The third kappa shape index (κ3) is 1.14. The summed E-state index contributed by atoms with van der Waals surface area (Å²) < 4.78 is 1.67. The lowest BCUT2D eigenvalue weighted by molar-refractivity contribution is 0.849. The largest absolute Gasteiger partial charge is 0.399 e. The first-order valence-electron chi connectivity index (χ1n) is 4.24. The van der Waals surface area contributed by atoms with Gasteiger partial charge in [-0.3, -0.25) is 0 Å². The number of hydrogen-bond donors (Lipinski definition) is 1. The van der Waals surface area contributed by atoms with E-state index in [-0.39, 0.29) is 0 Å². The molecule has 72 valence electrons. The molecule has 0 unspecified atom stereocenters. The molecule has 0 amide bonds. The van der Waals surface area contributed by atoms with Gasteiger partial charge in [0, 0.05) is 11.3 Å². The Labute approximate surface area is 81.3 Å². The number of rotatable bonds is 1. The molecule has 0 radical (unpaired) electrons. The summed E-state index contributed by atoms with van der Waals surface area (Å²) in [5, 5.41) is 12.2. The van der Waals surface area contributed by atoms with Crippen molar-refractivity contribution >= 4 is 11.3 Å². The normalized spacial score (nSPS) is 10.7. The highest BCUT2D eigenvalue weighted by Gasteiger charge is 2.09. The van der Waals surface area contributed by atoms with Crippen LogP contribution in [-0.4, -0.2) is 19.8 Å². The summed E-state index contributed by atoms with van der Waals surface area (Å²) in [6.07, 6.45) is 0. The topological polar surface area (TPSA) is 69.1 Å². The Morgan fingerprint density at radius 3 is 2.79 bits per heavy atom. The van der Waals surface area contributed by atoms with Crippen molar-refractivity contribution in [2.45, 2.75) is 13.8 Å². The molecule has 5 heteroatoms. The van der Waals surface area contributed by atoms with Gasteiger partial charge in [-0.2, -0.15) is 9.61 Å². The van der Waals surface area contributed by atoms with E-state index in [1.165, 1.54) is 0 Å². The highest BCUT2D eigenvalue weighted by Crippen LogP contribution is 2.14. The third-order valence-corrected chi connectivity index (χ3v) is 1.99. The fraction of sp³-hybridized carbons (Fsp3) is 0.222. The Kier molecular flexibility index (Phi) is 1.73. The van der Waals surface area contributed by atoms with E-state index in [2.05, 4.69) is 21.9 Å². The van der Waals surface area contributed by atoms with Crippen LogP contribution in [0, 0.1) is 13.8 Å². The van der Waals surface area contributed by atoms with E-state index in [0.29, 0.717) is 11.3 Å². The van der Waals surface area contributed by atoms with Gasteiger partial charge in [0.2, 0.25) is 0 Å². The van der Waals surface area contributed by atoms with Gasteiger partial charge in [-0.25, -0.2) is 0 Å². The van der Waals surface area contributed by atoms with Crippen molar-refractivity contribution in [1.29, 1.82) is 0 Å². The van der Waals surface area contributed by atoms with Crippen LogP contribution in [0.5, 0.6) is 0 Å². The molecule has 2 rings (SSSR count). The summed E-state index contributed by atoms with van der Waals surface area (Å²) in [5.74, 6) is 0.742. The van der Waals surface area contributed by atoms with Crippen LogP contribution < -0.4 is 5.73 Å². The van der Waals surface area contributed by atoms with Crippen LogP contribution in [0.25, 0.3) is 11.3 Å². The molecule has 0 atom stereocenters. The van der Waals surface area contributed by atoms with E-state index in [1.54, 1.807) is 4.52 Å². The highest BCUT2D eigenvalue weighted by molar-refractivity contribution is 5.72. The minimum absolute atomic E-state index is 0.480. The van der Waals surface area contributed by atoms with Crippen LogP contribution in [-0.2, 0) is 0 Å². The first-order valence-corrected chi connectivity index (χ1v) is 4.24. The standard InChI is InChI=1S/C9H11N5/c1-5-4-8(6(2)10)9-12-11-7(3)14(9)13-5/h4H,2,10H2,1,3H3. The van der Waals surface area contributed by atoms with Gasteiger partial charge in [0.15, 0.2) is 11.5 Å². The van der Waals surface area contributed by atoms with E-state index < -0.39 is 0 Å². The minimum Gasteiger partial charge on any atom is -0.399 e. The van der Waals surface area contributed by atoms with Gasteiger partial charge in [-0.05, 0) is 19.9 Å². The predicted octanol–water partition coefficient (Wildman–Crippen LogP) is 0.671. The smallest absolute Gasteiger partial charge is 0.187 e. The average molecular weight is 189 g/mol. The summed E-state index contributed by atoms with van der Waals surface area (Å²) in [6, 6.07) is 1.85. The lowest BCUT2D eigenvalue weighted by Gasteiger charge is -2.03. The average Bonchev–Trinajstić information content (AvgIpc) is 2.47. The van der Waals surface area contributed by atoms with Crippen molar-refractivity contribution in [2.75, 3.05) is 0 Å². The maximum absolute atomic E-state index is 5.65. The van der Waals surface area contributed by atoms with Crippen molar-refractivity contribution in [1.82, 2.24) is 19.8 Å². The first kappa shape index (κ1) is 8.68. The molecule has 0 saturated heterocycles. The molecular weight excluding hydrogens is 178 g/mol. The van der Waals surface area contributed by atoms with Crippen LogP contribution in [0.3, 0.4) is 0 Å². The molecule has 0 bridgehead atoms. The summed E-state index contributed by atoms with van der Waals surface area (Å²) >= 11 is 0. The van der Waals surface area contributed by atoms with Crippen LogP contribution in [0.2, 0.25) is 0 Å². The van der Waals surface area contributed by atoms with Crippen LogP contribution in [0.4, 0.5) is 0 Å². The second-order valence-electron chi connectivity index (χ2n) is 3.21. The zero-order valence-electron chi connectivity index (χ0n) is 8.15. The minimum atomic E-state index is 0.480. The van der Waals surface area contributed by atoms with Gasteiger partial charge in [0.25, 0.3) is 0 Å². The van der Waals surface area contributed by atoms with Crippen molar-refractivity contribution in [3.63, 3.8) is 0 Å². The molecule has 0 aliphatic heterocycles. The van der Waals surface area contributed by atoms with Gasteiger partial charge in [-0.15, -0.1) is 10.2 Å². The molecule has 0 fully saturated rings. The van der Waals surface area contributed by atoms with Crippen LogP contribution in [0.1, 0.15) is 17.1 Å². The summed E-state index contributed by atoms with van der Waals surface area (Å²) in [6.45, 7) is 7.43. The number of fused-ring (bicyclic) bond motifs is 1. The summed E-state index contributed by atoms with van der Waals surface area (Å²) in [4.78, 5) is 0. The lowest BCUT2D eigenvalue weighted by Crippen LogP contribution is -2.03. The molecule has 5 nitrogen and oxygen atoms in total. The maximum Gasteiger partial charge on any atom is 0.187 e.